The van der Waals surface area contributed by atoms with Gasteiger partial charge in [0.05, 0.1) is 0 Å². The van der Waals surface area contributed by atoms with Gasteiger partial charge in [-0.1, -0.05) is 5.70 Å². The second kappa shape index (κ2) is 2.49. The van der Waals surface area contributed by atoms with E-state index in [1.165, 1.54) is 13.1 Å². The molecular weight excluding hydrogens is 140 g/mol. The number of hydrogen-bond donors (Lipinski definition) is 0. The maximum atomic E-state index is 3.89. The van der Waals surface area contributed by atoms with Crippen LogP contribution in [0.5, 0.6) is 0 Å². The highest BCUT2D eigenvalue weighted by Crippen LogP contribution is 2.18. The highest BCUT2D eigenvalue weighted by atomic mass is 28.3. The smallest absolute Gasteiger partial charge is 0.228 e. The zero-order valence-electron chi connectivity index (χ0n) is 7.09. The minimum Gasteiger partial charge on any atom is -0.310 e. The standard InChI is InChI=1S/C7H16N2Si/c1-5-10(4)8(2)6-7-9(10)3/h5H,1,6-7H2,2-4H3. The Hall–Kier alpha value is -0.123. The van der Waals surface area contributed by atoms with E-state index in [1.54, 1.807) is 0 Å². The fourth-order valence-electron chi connectivity index (χ4n) is 1.36. The fourth-order valence-corrected chi connectivity index (χ4v) is 3.67. The van der Waals surface area contributed by atoms with Gasteiger partial charge in [0, 0.05) is 13.1 Å². The average Bonchev–Trinajstić information content (AvgIpc) is 2.18. The van der Waals surface area contributed by atoms with Crippen molar-refractivity contribution in [3.63, 3.8) is 0 Å². The van der Waals surface area contributed by atoms with Crippen molar-refractivity contribution >= 4 is 8.40 Å². The van der Waals surface area contributed by atoms with Crippen LogP contribution in [0.3, 0.4) is 0 Å². The largest absolute Gasteiger partial charge is 0.310 e. The van der Waals surface area contributed by atoms with Gasteiger partial charge in [-0.15, -0.1) is 6.58 Å². The first-order valence-electron chi connectivity index (χ1n) is 3.67. The Balaban J connectivity index is 2.79. The molecular formula is C7H16N2Si. The van der Waals surface area contributed by atoms with Crippen LogP contribution in [0.2, 0.25) is 6.55 Å². The Kier molecular flexibility index (Phi) is 1.99. The van der Waals surface area contributed by atoms with Crippen molar-refractivity contribution in [3.05, 3.63) is 12.3 Å². The van der Waals surface area contributed by atoms with Crippen molar-refractivity contribution in [1.82, 2.24) is 9.13 Å². The van der Waals surface area contributed by atoms with Crippen LogP contribution in [0.4, 0.5) is 0 Å². The SMILES string of the molecule is C=C[Si]1(C)N(C)CCN1C. The van der Waals surface area contributed by atoms with E-state index in [1.807, 2.05) is 0 Å². The summed E-state index contributed by atoms with van der Waals surface area (Å²) in [7, 11) is 3.05. The molecule has 0 aromatic carbocycles. The van der Waals surface area contributed by atoms with E-state index in [4.69, 9.17) is 0 Å². The molecule has 0 amide bonds. The van der Waals surface area contributed by atoms with Gasteiger partial charge in [-0.05, 0) is 20.6 Å². The van der Waals surface area contributed by atoms with E-state index in [9.17, 15) is 0 Å². The third-order valence-electron chi connectivity index (χ3n) is 2.70. The van der Waals surface area contributed by atoms with E-state index < -0.39 is 8.40 Å². The Morgan fingerprint density at radius 1 is 1.30 bits per heavy atom. The number of nitrogens with zero attached hydrogens (tertiary/aromatic N) is 2. The van der Waals surface area contributed by atoms with Crippen molar-refractivity contribution in [2.75, 3.05) is 27.2 Å². The lowest BCUT2D eigenvalue weighted by Crippen LogP contribution is -2.52. The van der Waals surface area contributed by atoms with Gasteiger partial charge in [0.1, 0.15) is 0 Å². The lowest BCUT2D eigenvalue weighted by molar-refractivity contribution is 0.553. The maximum Gasteiger partial charge on any atom is 0.228 e. The molecule has 2 nitrogen and oxygen atoms in total. The second-order valence-electron chi connectivity index (χ2n) is 3.14. The van der Waals surface area contributed by atoms with Gasteiger partial charge in [0.25, 0.3) is 0 Å². The summed E-state index contributed by atoms with van der Waals surface area (Å²) in [6.45, 7) is 8.62. The summed E-state index contributed by atoms with van der Waals surface area (Å²) in [5.74, 6) is 0. The van der Waals surface area contributed by atoms with Gasteiger partial charge in [-0.25, -0.2) is 0 Å². The van der Waals surface area contributed by atoms with Crippen LogP contribution in [0.1, 0.15) is 0 Å². The van der Waals surface area contributed by atoms with Gasteiger partial charge >= 0.3 is 0 Å². The van der Waals surface area contributed by atoms with E-state index in [2.05, 4.69) is 42.1 Å². The van der Waals surface area contributed by atoms with Gasteiger partial charge in [-0.2, -0.15) is 0 Å². The van der Waals surface area contributed by atoms with E-state index >= 15 is 0 Å². The molecule has 0 aromatic rings. The van der Waals surface area contributed by atoms with Crippen molar-refractivity contribution in [2.45, 2.75) is 6.55 Å². The molecule has 0 unspecified atom stereocenters. The predicted octanol–water partition coefficient (Wildman–Crippen LogP) is 0.661. The molecule has 10 heavy (non-hydrogen) atoms. The Morgan fingerprint density at radius 3 is 1.90 bits per heavy atom. The third-order valence-corrected chi connectivity index (χ3v) is 7.02. The highest BCUT2D eigenvalue weighted by Gasteiger charge is 2.38. The van der Waals surface area contributed by atoms with Crippen LogP contribution >= 0.6 is 0 Å². The molecule has 0 aromatic heterocycles. The first-order valence-corrected chi connectivity index (χ1v) is 6.14. The minimum atomic E-state index is -1.34. The van der Waals surface area contributed by atoms with E-state index in [-0.39, 0.29) is 0 Å². The quantitative estimate of drug-likeness (QED) is 0.515. The van der Waals surface area contributed by atoms with Crippen molar-refractivity contribution in [1.29, 1.82) is 0 Å². The molecule has 1 aliphatic rings. The molecule has 0 atom stereocenters. The molecule has 3 heteroatoms. The first kappa shape index (κ1) is 7.98. The topological polar surface area (TPSA) is 6.48 Å². The Morgan fingerprint density at radius 2 is 1.70 bits per heavy atom. The molecule has 0 bridgehead atoms. The van der Waals surface area contributed by atoms with E-state index in [0.717, 1.165) is 0 Å². The van der Waals surface area contributed by atoms with Crippen LogP contribution in [0.25, 0.3) is 0 Å². The van der Waals surface area contributed by atoms with Crippen molar-refractivity contribution < 1.29 is 0 Å². The maximum absolute atomic E-state index is 3.89. The summed E-state index contributed by atoms with van der Waals surface area (Å²) in [4.78, 5) is 0. The normalized spacial score (nSPS) is 27.1. The zero-order chi connectivity index (χ0) is 7.78. The molecule has 1 rings (SSSR count). The first-order chi connectivity index (χ1) is 4.61. The van der Waals surface area contributed by atoms with Gasteiger partial charge < -0.3 is 9.13 Å². The number of hydrogen-bond acceptors (Lipinski definition) is 2. The Bertz CT molecular complexity index is 137. The number of rotatable bonds is 1. The lowest BCUT2D eigenvalue weighted by Gasteiger charge is -2.30. The van der Waals surface area contributed by atoms with Gasteiger partial charge in [-0.3, -0.25) is 0 Å². The molecule has 0 radical (unpaired) electrons. The third kappa shape index (κ3) is 0.943. The molecule has 0 N–H and O–H groups in total. The second-order valence-corrected chi connectivity index (χ2v) is 7.26. The molecule has 1 heterocycles. The van der Waals surface area contributed by atoms with Gasteiger partial charge in [0.2, 0.25) is 8.40 Å². The summed E-state index contributed by atoms with van der Waals surface area (Å²) < 4.78 is 4.89. The fraction of sp³-hybridized carbons (Fsp3) is 0.714. The number of likely N-dealkylation sites (N-methyl/N-ethyl adjacent to an activating group) is 2. The lowest BCUT2D eigenvalue weighted by atomic mass is 10.6. The zero-order valence-corrected chi connectivity index (χ0v) is 8.09. The Labute approximate surface area is 64.3 Å². The summed E-state index contributed by atoms with van der Waals surface area (Å²) in [6, 6.07) is 0. The van der Waals surface area contributed by atoms with Crippen LogP contribution in [0.15, 0.2) is 12.3 Å². The molecule has 0 saturated carbocycles. The minimum absolute atomic E-state index is 1.20. The van der Waals surface area contributed by atoms with Crippen LogP contribution in [-0.4, -0.2) is 44.7 Å². The molecule has 0 spiro atoms. The van der Waals surface area contributed by atoms with E-state index in [0.29, 0.717) is 0 Å². The molecule has 1 aliphatic heterocycles. The molecule has 58 valence electrons. The average molecular weight is 156 g/mol. The summed E-state index contributed by atoms with van der Waals surface area (Å²) in [5.41, 5.74) is 2.14. The monoisotopic (exact) mass is 156 g/mol. The van der Waals surface area contributed by atoms with Crippen LogP contribution in [0, 0.1) is 0 Å². The van der Waals surface area contributed by atoms with Gasteiger partial charge in [0.15, 0.2) is 0 Å². The highest BCUT2D eigenvalue weighted by molar-refractivity contribution is 6.78. The van der Waals surface area contributed by atoms with Crippen LogP contribution < -0.4 is 0 Å². The summed E-state index contributed by atoms with van der Waals surface area (Å²) in [6.07, 6.45) is 0. The molecule has 1 fully saturated rings. The van der Waals surface area contributed by atoms with Crippen molar-refractivity contribution in [2.24, 2.45) is 0 Å². The molecule has 1 saturated heterocycles. The predicted molar refractivity (Wildman–Crippen MR) is 47.1 cm³/mol. The summed E-state index contributed by atoms with van der Waals surface area (Å²) in [5, 5.41) is 0. The summed E-state index contributed by atoms with van der Waals surface area (Å²) >= 11 is 0. The van der Waals surface area contributed by atoms with Crippen molar-refractivity contribution in [3.8, 4) is 0 Å². The van der Waals surface area contributed by atoms with Crippen LogP contribution in [-0.2, 0) is 0 Å². The molecule has 0 aliphatic carbocycles.